The van der Waals surface area contributed by atoms with Gasteiger partial charge < -0.3 is 0 Å². The van der Waals surface area contributed by atoms with Crippen molar-refractivity contribution in [1.29, 1.82) is 5.26 Å². The van der Waals surface area contributed by atoms with E-state index >= 15 is 0 Å². The third kappa shape index (κ3) is 2.68. The third-order valence-electron chi connectivity index (χ3n) is 3.40. The summed E-state index contributed by atoms with van der Waals surface area (Å²) < 4.78 is 0. The average molecular weight is 228 g/mol. The Balaban J connectivity index is 2.14. The van der Waals surface area contributed by atoms with E-state index in [0.29, 0.717) is 6.42 Å². The normalized spacial score (nSPS) is 15.6. The molecule has 90 valence electrons. The summed E-state index contributed by atoms with van der Waals surface area (Å²) in [4.78, 5) is 2.35. The van der Waals surface area contributed by atoms with Crippen molar-refractivity contribution in [3.63, 3.8) is 0 Å². The number of benzene rings is 1. The summed E-state index contributed by atoms with van der Waals surface area (Å²) in [6.45, 7) is 9.63. The van der Waals surface area contributed by atoms with Crippen LogP contribution in [0.5, 0.6) is 0 Å². The van der Waals surface area contributed by atoms with Gasteiger partial charge >= 0.3 is 0 Å². The van der Waals surface area contributed by atoms with Crippen molar-refractivity contribution in [3.8, 4) is 6.07 Å². The molecule has 1 aliphatic rings. The predicted octanol–water partition coefficient (Wildman–Crippen LogP) is 3.21. The largest absolute Gasteiger partial charge is 0.294 e. The lowest BCUT2D eigenvalue weighted by atomic mass is 9.85. The number of nitriles is 1. The van der Waals surface area contributed by atoms with Gasteiger partial charge in [0.15, 0.2) is 0 Å². The van der Waals surface area contributed by atoms with E-state index in [1.165, 1.54) is 16.7 Å². The van der Waals surface area contributed by atoms with Crippen LogP contribution in [-0.4, -0.2) is 11.4 Å². The number of rotatable bonds is 2. The molecule has 0 saturated carbocycles. The fourth-order valence-electron chi connectivity index (χ4n) is 2.30. The lowest BCUT2D eigenvalue weighted by Gasteiger charge is -2.19. The minimum atomic E-state index is 0.217. The maximum Gasteiger partial charge on any atom is 0.0635 e. The van der Waals surface area contributed by atoms with Gasteiger partial charge in [-0.2, -0.15) is 5.26 Å². The van der Waals surface area contributed by atoms with Crippen molar-refractivity contribution in [1.82, 2.24) is 4.90 Å². The van der Waals surface area contributed by atoms with Gasteiger partial charge in [0.1, 0.15) is 0 Å². The van der Waals surface area contributed by atoms with Gasteiger partial charge in [0, 0.05) is 26.1 Å². The van der Waals surface area contributed by atoms with E-state index in [9.17, 15) is 0 Å². The first-order valence-electron chi connectivity index (χ1n) is 6.22. The highest BCUT2D eigenvalue weighted by Gasteiger charge is 2.21. The van der Waals surface area contributed by atoms with Gasteiger partial charge in [-0.3, -0.25) is 4.90 Å². The Morgan fingerprint density at radius 1 is 1.24 bits per heavy atom. The Kier molecular flexibility index (Phi) is 3.22. The molecule has 2 nitrogen and oxygen atoms in total. The smallest absolute Gasteiger partial charge is 0.0635 e. The van der Waals surface area contributed by atoms with Crippen LogP contribution < -0.4 is 0 Å². The van der Waals surface area contributed by atoms with Crippen LogP contribution in [0.2, 0.25) is 0 Å². The Hall–Kier alpha value is -1.33. The molecule has 0 saturated heterocycles. The van der Waals surface area contributed by atoms with Crippen molar-refractivity contribution in [2.45, 2.75) is 45.7 Å². The van der Waals surface area contributed by atoms with Gasteiger partial charge in [-0.15, -0.1) is 0 Å². The van der Waals surface area contributed by atoms with Crippen molar-refractivity contribution in [2.75, 3.05) is 6.54 Å². The van der Waals surface area contributed by atoms with Crippen LogP contribution in [-0.2, 0) is 18.5 Å². The Morgan fingerprint density at radius 2 is 1.94 bits per heavy atom. The minimum Gasteiger partial charge on any atom is -0.294 e. The second-order valence-electron chi connectivity index (χ2n) is 5.85. The number of hydrogen-bond acceptors (Lipinski definition) is 2. The highest BCUT2D eigenvalue weighted by Crippen LogP contribution is 2.29. The lowest BCUT2D eigenvalue weighted by Crippen LogP contribution is -2.17. The molecule has 0 radical (unpaired) electrons. The zero-order valence-electron chi connectivity index (χ0n) is 11.0. The Bertz CT molecular complexity index is 449. The molecule has 17 heavy (non-hydrogen) atoms. The van der Waals surface area contributed by atoms with Crippen molar-refractivity contribution >= 4 is 0 Å². The highest BCUT2D eigenvalue weighted by atomic mass is 15.1. The molecular formula is C15H20N2. The molecule has 0 N–H and O–H groups in total. The van der Waals surface area contributed by atoms with Gasteiger partial charge in [0.2, 0.25) is 0 Å². The predicted molar refractivity (Wildman–Crippen MR) is 69.5 cm³/mol. The molecule has 1 aromatic carbocycles. The standard InChI is InChI=1S/C15H20N2/c1-15(2,3)14-6-5-12-10-17(8-4-7-16)11-13(12)9-14/h5-6,9H,4,8,10-11H2,1-3H3. The number of hydrogen-bond donors (Lipinski definition) is 0. The Morgan fingerprint density at radius 3 is 2.59 bits per heavy atom. The maximum atomic E-state index is 8.62. The van der Waals surface area contributed by atoms with Crippen molar-refractivity contribution < 1.29 is 0 Å². The van der Waals surface area contributed by atoms with E-state index < -0.39 is 0 Å². The van der Waals surface area contributed by atoms with Crippen LogP contribution in [0.4, 0.5) is 0 Å². The lowest BCUT2D eigenvalue weighted by molar-refractivity contribution is 0.291. The van der Waals surface area contributed by atoms with Crippen LogP contribution in [0.1, 0.15) is 43.9 Å². The molecule has 0 fully saturated rings. The summed E-state index contributed by atoms with van der Waals surface area (Å²) in [7, 11) is 0. The van der Waals surface area contributed by atoms with Crippen LogP contribution in [0.3, 0.4) is 0 Å². The third-order valence-corrected chi connectivity index (χ3v) is 3.40. The number of fused-ring (bicyclic) bond motifs is 1. The summed E-state index contributed by atoms with van der Waals surface area (Å²) in [6, 6.07) is 9.05. The molecule has 0 atom stereocenters. The average Bonchev–Trinajstić information content (AvgIpc) is 2.66. The fourth-order valence-corrected chi connectivity index (χ4v) is 2.30. The van der Waals surface area contributed by atoms with E-state index in [2.05, 4.69) is 49.9 Å². The zero-order valence-corrected chi connectivity index (χ0v) is 11.0. The molecule has 0 aromatic heterocycles. The van der Waals surface area contributed by atoms with Crippen molar-refractivity contribution in [2.24, 2.45) is 0 Å². The number of nitrogens with zero attached hydrogens (tertiary/aromatic N) is 2. The van der Waals surface area contributed by atoms with Gasteiger partial charge in [0.05, 0.1) is 6.07 Å². The topological polar surface area (TPSA) is 27.0 Å². The summed E-state index contributed by atoms with van der Waals surface area (Å²) in [5.74, 6) is 0. The molecule has 0 spiro atoms. The zero-order chi connectivity index (χ0) is 12.5. The maximum absolute atomic E-state index is 8.62. The molecule has 0 amide bonds. The molecule has 0 aliphatic carbocycles. The molecule has 1 aliphatic heterocycles. The fraction of sp³-hybridized carbons (Fsp3) is 0.533. The van der Waals surface area contributed by atoms with Crippen LogP contribution in [0, 0.1) is 11.3 Å². The summed E-state index contributed by atoms with van der Waals surface area (Å²) >= 11 is 0. The molecule has 1 heterocycles. The SMILES string of the molecule is CC(C)(C)c1ccc2c(c1)CN(CCC#N)C2. The Labute approximate surface area is 104 Å². The monoisotopic (exact) mass is 228 g/mol. The van der Waals surface area contributed by atoms with E-state index in [1.807, 2.05) is 0 Å². The molecule has 2 rings (SSSR count). The first kappa shape index (κ1) is 12.1. The van der Waals surface area contributed by atoms with Crippen molar-refractivity contribution in [3.05, 3.63) is 34.9 Å². The first-order chi connectivity index (χ1) is 8.00. The van der Waals surface area contributed by atoms with E-state index in [-0.39, 0.29) is 5.41 Å². The van der Waals surface area contributed by atoms with Crippen LogP contribution in [0.15, 0.2) is 18.2 Å². The van der Waals surface area contributed by atoms with Gasteiger partial charge in [0.25, 0.3) is 0 Å². The van der Waals surface area contributed by atoms with Gasteiger partial charge in [-0.25, -0.2) is 0 Å². The first-order valence-corrected chi connectivity index (χ1v) is 6.22. The minimum absolute atomic E-state index is 0.217. The summed E-state index contributed by atoms with van der Waals surface area (Å²) in [5.41, 5.74) is 4.49. The van der Waals surface area contributed by atoms with E-state index in [4.69, 9.17) is 5.26 Å². The molecule has 0 bridgehead atoms. The quantitative estimate of drug-likeness (QED) is 0.777. The second-order valence-corrected chi connectivity index (χ2v) is 5.85. The second kappa shape index (κ2) is 4.50. The highest BCUT2D eigenvalue weighted by molar-refractivity contribution is 5.37. The van der Waals surface area contributed by atoms with E-state index in [1.54, 1.807) is 0 Å². The molecular weight excluding hydrogens is 208 g/mol. The molecule has 0 unspecified atom stereocenters. The van der Waals surface area contributed by atoms with Crippen LogP contribution >= 0.6 is 0 Å². The molecule has 1 aromatic rings. The van der Waals surface area contributed by atoms with E-state index in [0.717, 1.165) is 19.6 Å². The van der Waals surface area contributed by atoms with Gasteiger partial charge in [-0.05, 0) is 22.1 Å². The molecule has 2 heteroatoms. The summed E-state index contributed by atoms with van der Waals surface area (Å²) in [6.07, 6.45) is 0.625. The summed E-state index contributed by atoms with van der Waals surface area (Å²) in [5, 5.41) is 8.62. The van der Waals surface area contributed by atoms with Gasteiger partial charge in [-0.1, -0.05) is 39.0 Å². The van der Waals surface area contributed by atoms with Crippen LogP contribution in [0.25, 0.3) is 0 Å².